The molecule has 0 aliphatic carbocycles. The van der Waals surface area contributed by atoms with Crippen LogP contribution in [0.2, 0.25) is 0 Å². The minimum absolute atomic E-state index is 0.831. The number of carbonyl (C=O) groups is 1. The lowest BCUT2D eigenvalue weighted by atomic mass is 9.97. The molecule has 0 radical (unpaired) electrons. The van der Waals surface area contributed by atoms with E-state index in [1.165, 1.54) is 0 Å². The molecule has 0 unspecified atom stereocenters. The highest BCUT2D eigenvalue weighted by Crippen LogP contribution is 2.26. The van der Waals surface area contributed by atoms with E-state index in [1.54, 1.807) is 6.08 Å². The second-order valence-corrected chi connectivity index (χ2v) is 5.58. The standard InChI is InChI=1S/C17H16BrNO/c1-19(2)16-9-5-14(6-10-16)17(11-12-20)13-3-7-15(18)8-4-13/h3-12H,1-2H3/b17-11-. The second kappa shape index (κ2) is 6.53. The molecule has 3 heteroatoms. The number of aldehydes is 1. The predicted molar refractivity (Wildman–Crippen MR) is 88.1 cm³/mol. The zero-order chi connectivity index (χ0) is 14.5. The molecule has 2 aromatic carbocycles. The summed E-state index contributed by atoms with van der Waals surface area (Å²) in [7, 11) is 4.01. The molecule has 0 bridgehead atoms. The molecule has 0 saturated carbocycles. The van der Waals surface area contributed by atoms with E-state index in [0.717, 1.165) is 33.1 Å². The summed E-state index contributed by atoms with van der Waals surface area (Å²) in [5, 5.41) is 0. The Morgan fingerprint density at radius 3 is 1.90 bits per heavy atom. The normalized spacial score (nSPS) is 11.2. The maximum Gasteiger partial charge on any atom is 0.143 e. The summed E-state index contributed by atoms with van der Waals surface area (Å²) in [5.74, 6) is 0. The third-order valence-corrected chi connectivity index (χ3v) is 3.61. The molecule has 0 saturated heterocycles. The van der Waals surface area contributed by atoms with Crippen molar-refractivity contribution in [2.45, 2.75) is 0 Å². The Morgan fingerprint density at radius 2 is 1.45 bits per heavy atom. The monoisotopic (exact) mass is 329 g/mol. The van der Waals surface area contributed by atoms with Gasteiger partial charge in [0, 0.05) is 24.3 Å². The average Bonchev–Trinajstić information content (AvgIpc) is 2.46. The number of benzene rings is 2. The molecule has 2 nitrogen and oxygen atoms in total. The summed E-state index contributed by atoms with van der Waals surface area (Å²) in [5.41, 5.74) is 4.12. The van der Waals surface area contributed by atoms with E-state index in [1.807, 2.05) is 67.5 Å². The third-order valence-electron chi connectivity index (χ3n) is 3.08. The number of anilines is 1. The van der Waals surface area contributed by atoms with Crippen LogP contribution in [0.25, 0.3) is 5.57 Å². The van der Waals surface area contributed by atoms with Crippen molar-refractivity contribution in [3.8, 4) is 0 Å². The van der Waals surface area contributed by atoms with Gasteiger partial charge in [-0.3, -0.25) is 4.79 Å². The smallest absolute Gasteiger partial charge is 0.143 e. The van der Waals surface area contributed by atoms with Crippen molar-refractivity contribution in [1.82, 2.24) is 0 Å². The Balaban J connectivity index is 2.41. The van der Waals surface area contributed by atoms with Gasteiger partial charge in [0.15, 0.2) is 0 Å². The zero-order valence-corrected chi connectivity index (χ0v) is 13.1. The van der Waals surface area contributed by atoms with E-state index in [2.05, 4.69) is 15.9 Å². The molecule has 0 amide bonds. The molecular weight excluding hydrogens is 314 g/mol. The lowest BCUT2D eigenvalue weighted by Gasteiger charge is -2.14. The van der Waals surface area contributed by atoms with E-state index in [-0.39, 0.29) is 0 Å². The summed E-state index contributed by atoms with van der Waals surface area (Å²) in [4.78, 5) is 13.0. The van der Waals surface area contributed by atoms with Crippen LogP contribution in [0.4, 0.5) is 5.69 Å². The van der Waals surface area contributed by atoms with Gasteiger partial charge in [-0.2, -0.15) is 0 Å². The second-order valence-electron chi connectivity index (χ2n) is 4.66. The first kappa shape index (κ1) is 14.5. The lowest BCUT2D eigenvalue weighted by molar-refractivity contribution is -0.104. The Bertz CT molecular complexity index is 612. The van der Waals surface area contributed by atoms with Crippen LogP contribution < -0.4 is 4.90 Å². The van der Waals surface area contributed by atoms with Crippen LogP contribution >= 0.6 is 15.9 Å². The molecule has 2 aromatic rings. The summed E-state index contributed by atoms with van der Waals surface area (Å²) >= 11 is 3.42. The highest BCUT2D eigenvalue weighted by atomic mass is 79.9. The molecule has 0 aliphatic rings. The van der Waals surface area contributed by atoms with E-state index in [9.17, 15) is 4.79 Å². The fourth-order valence-electron chi connectivity index (χ4n) is 2.00. The highest BCUT2D eigenvalue weighted by molar-refractivity contribution is 9.10. The predicted octanol–water partition coefficient (Wildman–Crippen LogP) is 4.15. The molecule has 0 aromatic heterocycles. The number of nitrogens with zero attached hydrogens (tertiary/aromatic N) is 1. The molecular formula is C17H16BrNO. The number of halogens is 1. The lowest BCUT2D eigenvalue weighted by Crippen LogP contribution is -2.08. The van der Waals surface area contributed by atoms with Gasteiger partial charge >= 0.3 is 0 Å². The summed E-state index contributed by atoms with van der Waals surface area (Å²) in [6.45, 7) is 0. The maximum absolute atomic E-state index is 10.9. The molecule has 0 atom stereocenters. The molecule has 2 rings (SSSR count). The molecule has 0 aliphatic heterocycles. The quantitative estimate of drug-likeness (QED) is 0.620. The molecule has 102 valence electrons. The van der Waals surface area contributed by atoms with Crippen LogP contribution in [0.15, 0.2) is 59.1 Å². The topological polar surface area (TPSA) is 20.3 Å². The van der Waals surface area contributed by atoms with Gasteiger partial charge in [0.05, 0.1) is 0 Å². The summed E-state index contributed by atoms with van der Waals surface area (Å²) in [6.07, 6.45) is 2.44. The minimum Gasteiger partial charge on any atom is -0.378 e. The maximum atomic E-state index is 10.9. The van der Waals surface area contributed by atoms with E-state index in [4.69, 9.17) is 0 Å². The highest BCUT2D eigenvalue weighted by Gasteiger charge is 2.05. The van der Waals surface area contributed by atoms with Crippen molar-refractivity contribution in [2.24, 2.45) is 0 Å². The summed E-state index contributed by atoms with van der Waals surface area (Å²) in [6, 6.07) is 16.1. The Labute approximate surface area is 127 Å². The van der Waals surface area contributed by atoms with Gasteiger partial charge in [0.25, 0.3) is 0 Å². The first-order valence-electron chi connectivity index (χ1n) is 6.31. The first-order valence-corrected chi connectivity index (χ1v) is 7.10. The summed E-state index contributed by atoms with van der Waals surface area (Å²) < 4.78 is 1.02. The van der Waals surface area contributed by atoms with Gasteiger partial charge in [-0.1, -0.05) is 40.2 Å². The Morgan fingerprint density at radius 1 is 0.950 bits per heavy atom. The van der Waals surface area contributed by atoms with Crippen LogP contribution in [-0.2, 0) is 4.79 Å². The van der Waals surface area contributed by atoms with Gasteiger partial charge in [0.2, 0.25) is 0 Å². The average molecular weight is 330 g/mol. The zero-order valence-electron chi connectivity index (χ0n) is 11.5. The van der Waals surface area contributed by atoms with Crippen LogP contribution in [0.3, 0.4) is 0 Å². The SMILES string of the molecule is CN(C)c1ccc(/C(=C\C=O)c2ccc(Br)cc2)cc1. The van der Waals surface area contributed by atoms with E-state index >= 15 is 0 Å². The fourth-order valence-corrected chi connectivity index (χ4v) is 2.26. The van der Waals surface area contributed by atoms with Crippen molar-refractivity contribution in [2.75, 3.05) is 19.0 Å². The number of carbonyl (C=O) groups excluding carboxylic acids is 1. The van der Waals surface area contributed by atoms with Crippen molar-refractivity contribution in [1.29, 1.82) is 0 Å². The third kappa shape index (κ3) is 3.36. The number of rotatable bonds is 4. The van der Waals surface area contributed by atoms with Crippen LogP contribution in [-0.4, -0.2) is 20.4 Å². The largest absolute Gasteiger partial charge is 0.378 e. The van der Waals surface area contributed by atoms with Crippen molar-refractivity contribution in [3.05, 3.63) is 70.2 Å². The van der Waals surface area contributed by atoms with Crippen molar-refractivity contribution < 1.29 is 4.79 Å². The van der Waals surface area contributed by atoms with Gasteiger partial charge < -0.3 is 4.90 Å². The number of hydrogen-bond donors (Lipinski definition) is 0. The van der Waals surface area contributed by atoms with Gasteiger partial charge in [0.1, 0.15) is 6.29 Å². The van der Waals surface area contributed by atoms with Crippen molar-refractivity contribution in [3.63, 3.8) is 0 Å². The first-order chi connectivity index (χ1) is 9.61. The molecule has 0 spiro atoms. The fraction of sp³-hybridized carbons (Fsp3) is 0.118. The van der Waals surface area contributed by atoms with Gasteiger partial charge in [-0.15, -0.1) is 0 Å². The van der Waals surface area contributed by atoms with Crippen molar-refractivity contribution >= 4 is 33.5 Å². The molecule has 0 heterocycles. The van der Waals surface area contributed by atoms with E-state index in [0.29, 0.717) is 0 Å². The Hall–Kier alpha value is -1.87. The Kier molecular flexibility index (Phi) is 4.74. The van der Waals surface area contributed by atoms with Crippen LogP contribution in [0.5, 0.6) is 0 Å². The molecule has 0 N–H and O–H groups in total. The number of allylic oxidation sites excluding steroid dienone is 1. The number of hydrogen-bond acceptors (Lipinski definition) is 2. The van der Waals surface area contributed by atoms with Gasteiger partial charge in [-0.25, -0.2) is 0 Å². The minimum atomic E-state index is 0.831. The van der Waals surface area contributed by atoms with Crippen LogP contribution in [0.1, 0.15) is 11.1 Å². The molecule has 0 fully saturated rings. The van der Waals surface area contributed by atoms with Gasteiger partial charge in [-0.05, 0) is 47.0 Å². The van der Waals surface area contributed by atoms with Crippen LogP contribution in [0, 0.1) is 0 Å². The molecule has 20 heavy (non-hydrogen) atoms. The van der Waals surface area contributed by atoms with E-state index < -0.39 is 0 Å².